The fourth-order valence-electron chi connectivity index (χ4n) is 2.18. The Morgan fingerprint density at radius 1 is 1.41 bits per heavy atom. The third-order valence-electron chi connectivity index (χ3n) is 3.33. The van der Waals surface area contributed by atoms with E-state index < -0.39 is 12.0 Å². The zero-order valence-corrected chi connectivity index (χ0v) is 13.2. The quantitative estimate of drug-likeness (QED) is 0.261. The van der Waals surface area contributed by atoms with Crippen LogP contribution in [0.1, 0.15) is 23.1 Å². The summed E-state index contributed by atoms with van der Waals surface area (Å²) in [6.45, 7) is 4.82. The maximum absolute atomic E-state index is 11.4. The monoisotopic (exact) mass is 306 g/mol. The molecule has 22 heavy (non-hydrogen) atoms. The van der Waals surface area contributed by atoms with Gasteiger partial charge in [0.1, 0.15) is 11.8 Å². The van der Waals surface area contributed by atoms with E-state index in [4.69, 9.17) is 16.0 Å². The highest BCUT2D eigenvalue weighted by molar-refractivity contribution is 5.75. The number of hydrogen-bond donors (Lipinski definition) is 1. The number of azide groups is 1. The Kier molecular flexibility index (Phi) is 7.22. The minimum Gasteiger partial charge on any atom is -0.494 e. The van der Waals surface area contributed by atoms with Crippen LogP contribution in [0.2, 0.25) is 0 Å². The van der Waals surface area contributed by atoms with Crippen molar-refractivity contribution in [3.63, 3.8) is 0 Å². The van der Waals surface area contributed by atoms with Gasteiger partial charge in [0.25, 0.3) is 0 Å². The lowest BCUT2D eigenvalue weighted by molar-refractivity contribution is -0.142. The molecular formula is C15H22N4O3. The number of carbonyl (C=O) groups excluding carboxylic acids is 1. The second-order valence-electron chi connectivity index (χ2n) is 5.03. The first-order valence-corrected chi connectivity index (χ1v) is 7.06. The molecule has 0 fully saturated rings. The number of methoxy groups -OCH3 is 1. The Morgan fingerprint density at radius 3 is 2.59 bits per heavy atom. The van der Waals surface area contributed by atoms with Crippen LogP contribution in [0.5, 0.6) is 5.75 Å². The van der Waals surface area contributed by atoms with Crippen molar-refractivity contribution < 1.29 is 14.3 Å². The molecule has 0 unspecified atom stereocenters. The average Bonchev–Trinajstić information content (AvgIpc) is 2.49. The summed E-state index contributed by atoms with van der Waals surface area (Å²) >= 11 is 0. The normalized spacial score (nSPS) is 11.5. The Balaban J connectivity index is 2.71. The third kappa shape index (κ3) is 5.27. The van der Waals surface area contributed by atoms with Crippen molar-refractivity contribution in [3.8, 4) is 5.75 Å². The molecule has 2 N–H and O–H groups in total. The van der Waals surface area contributed by atoms with Crippen molar-refractivity contribution in [2.45, 2.75) is 32.7 Å². The topological polar surface area (TPSA) is 110 Å². The maximum Gasteiger partial charge on any atom is 0.322 e. The van der Waals surface area contributed by atoms with Gasteiger partial charge < -0.3 is 15.2 Å². The van der Waals surface area contributed by atoms with Crippen molar-refractivity contribution >= 4 is 5.97 Å². The molecule has 1 aromatic rings. The van der Waals surface area contributed by atoms with E-state index in [1.54, 1.807) is 0 Å². The fourth-order valence-corrected chi connectivity index (χ4v) is 2.18. The standard InChI is InChI=1S/C15H22N4O3/c1-10-7-12(22-6-4-5-18-19-17)8-11(2)13(10)9-14(16)15(20)21-3/h7-8,14H,4-6,9,16H2,1-3H3/t14-/m1/s1. The summed E-state index contributed by atoms with van der Waals surface area (Å²) in [7, 11) is 1.33. The van der Waals surface area contributed by atoms with Crippen molar-refractivity contribution in [2.75, 3.05) is 20.3 Å². The smallest absolute Gasteiger partial charge is 0.322 e. The van der Waals surface area contributed by atoms with Crippen LogP contribution in [-0.2, 0) is 16.0 Å². The first kappa shape index (κ1) is 17.8. The van der Waals surface area contributed by atoms with Crippen LogP contribution in [0.25, 0.3) is 10.4 Å². The Bertz CT molecular complexity index is 545. The van der Waals surface area contributed by atoms with E-state index >= 15 is 0 Å². The van der Waals surface area contributed by atoms with Crippen LogP contribution in [0, 0.1) is 13.8 Å². The number of nitrogens with two attached hydrogens (primary N) is 1. The van der Waals surface area contributed by atoms with Gasteiger partial charge in [-0.25, -0.2) is 0 Å². The second-order valence-corrected chi connectivity index (χ2v) is 5.03. The minimum atomic E-state index is -0.669. The summed E-state index contributed by atoms with van der Waals surface area (Å²) in [5.41, 5.74) is 17.1. The van der Waals surface area contributed by atoms with E-state index in [-0.39, 0.29) is 0 Å². The number of ether oxygens (including phenoxy) is 2. The van der Waals surface area contributed by atoms with Crippen molar-refractivity contribution in [2.24, 2.45) is 10.8 Å². The molecule has 1 atom stereocenters. The molecule has 0 bridgehead atoms. The molecule has 0 aliphatic rings. The molecular weight excluding hydrogens is 284 g/mol. The van der Waals surface area contributed by atoms with E-state index in [1.165, 1.54) is 7.11 Å². The molecule has 0 aliphatic carbocycles. The first-order chi connectivity index (χ1) is 10.5. The summed E-state index contributed by atoms with van der Waals surface area (Å²) in [6, 6.07) is 3.16. The zero-order valence-electron chi connectivity index (χ0n) is 13.2. The summed E-state index contributed by atoms with van der Waals surface area (Å²) in [4.78, 5) is 14.1. The molecule has 1 rings (SSSR count). The minimum absolute atomic E-state index is 0.417. The van der Waals surface area contributed by atoms with Crippen molar-refractivity contribution in [1.82, 2.24) is 0 Å². The van der Waals surface area contributed by atoms with E-state index in [2.05, 4.69) is 14.8 Å². The summed E-state index contributed by atoms with van der Waals surface area (Å²) in [5.74, 6) is 0.337. The van der Waals surface area contributed by atoms with Crippen molar-refractivity contribution in [3.05, 3.63) is 39.3 Å². The summed E-state index contributed by atoms with van der Waals surface area (Å²) < 4.78 is 10.3. The van der Waals surface area contributed by atoms with Crippen LogP contribution in [0.3, 0.4) is 0 Å². The first-order valence-electron chi connectivity index (χ1n) is 7.06. The molecule has 0 saturated heterocycles. The molecule has 0 radical (unpaired) electrons. The number of hydrogen-bond acceptors (Lipinski definition) is 5. The van der Waals surface area contributed by atoms with Gasteiger partial charge in [-0.3, -0.25) is 4.79 Å². The van der Waals surface area contributed by atoms with Gasteiger partial charge in [-0.1, -0.05) is 5.11 Å². The maximum atomic E-state index is 11.4. The summed E-state index contributed by atoms with van der Waals surface area (Å²) in [6.07, 6.45) is 1.10. The van der Waals surface area contributed by atoms with E-state index in [0.717, 1.165) is 22.4 Å². The molecule has 0 heterocycles. The molecule has 0 aliphatic heterocycles. The third-order valence-corrected chi connectivity index (χ3v) is 3.33. The number of aryl methyl sites for hydroxylation is 2. The van der Waals surface area contributed by atoms with Crippen molar-refractivity contribution in [1.29, 1.82) is 0 Å². The number of rotatable bonds is 8. The van der Waals surface area contributed by atoms with E-state index in [1.807, 2.05) is 26.0 Å². The Labute approximate surface area is 130 Å². The molecule has 1 aromatic carbocycles. The van der Waals surface area contributed by atoms with Crippen LogP contribution in [0.4, 0.5) is 0 Å². The highest BCUT2D eigenvalue weighted by Crippen LogP contribution is 2.23. The Hall–Kier alpha value is -2.24. The lowest BCUT2D eigenvalue weighted by Gasteiger charge is -2.16. The van der Waals surface area contributed by atoms with Gasteiger partial charge >= 0.3 is 5.97 Å². The molecule has 0 aromatic heterocycles. The SMILES string of the molecule is COC(=O)[C@H](N)Cc1c(C)cc(OCCCN=[N+]=[N-])cc1C. The predicted octanol–water partition coefficient (Wildman–Crippen LogP) is 2.43. The molecule has 0 amide bonds. The van der Waals surface area contributed by atoms with Gasteiger partial charge in [-0.2, -0.15) is 0 Å². The molecule has 0 saturated carbocycles. The Morgan fingerprint density at radius 2 is 2.05 bits per heavy atom. The highest BCUT2D eigenvalue weighted by Gasteiger charge is 2.17. The van der Waals surface area contributed by atoms with Gasteiger partial charge in [0.05, 0.1) is 13.7 Å². The van der Waals surface area contributed by atoms with Crippen LogP contribution in [0.15, 0.2) is 17.2 Å². The van der Waals surface area contributed by atoms with Crippen LogP contribution >= 0.6 is 0 Å². The molecule has 7 heteroatoms. The number of carbonyl (C=O) groups is 1. The lowest BCUT2D eigenvalue weighted by atomic mass is 9.96. The van der Waals surface area contributed by atoms with Crippen LogP contribution in [-0.4, -0.2) is 32.3 Å². The highest BCUT2D eigenvalue weighted by atomic mass is 16.5. The van der Waals surface area contributed by atoms with E-state index in [9.17, 15) is 4.79 Å². The number of benzene rings is 1. The summed E-state index contributed by atoms with van der Waals surface area (Å²) in [5, 5.41) is 3.45. The number of nitrogens with zero attached hydrogens (tertiary/aromatic N) is 3. The largest absolute Gasteiger partial charge is 0.494 e. The number of esters is 1. The van der Waals surface area contributed by atoms with E-state index in [0.29, 0.717) is 26.0 Å². The van der Waals surface area contributed by atoms with Gasteiger partial charge in [0, 0.05) is 11.5 Å². The van der Waals surface area contributed by atoms with Gasteiger partial charge in [0.2, 0.25) is 0 Å². The van der Waals surface area contributed by atoms with Crippen LogP contribution < -0.4 is 10.5 Å². The second kappa shape index (κ2) is 8.92. The molecule has 120 valence electrons. The van der Waals surface area contributed by atoms with Gasteiger partial charge in [0.15, 0.2) is 0 Å². The molecule has 7 nitrogen and oxygen atoms in total. The predicted molar refractivity (Wildman–Crippen MR) is 83.7 cm³/mol. The zero-order chi connectivity index (χ0) is 16.5. The van der Waals surface area contributed by atoms with Gasteiger partial charge in [-0.15, -0.1) is 0 Å². The fraction of sp³-hybridized carbons (Fsp3) is 0.533. The van der Waals surface area contributed by atoms with Gasteiger partial charge in [-0.05, 0) is 61.0 Å². The molecule has 0 spiro atoms. The lowest BCUT2D eigenvalue weighted by Crippen LogP contribution is -2.34. The average molecular weight is 306 g/mol.